The molecule has 0 spiro atoms. The van der Waals surface area contributed by atoms with Gasteiger partial charge in [0.15, 0.2) is 0 Å². The molecule has 0 aliphatic heterocycles. The van der Waals surface area contributed by atoms with Crippen LogP contribution in [0.25, 0.3) is 0 Å². The minimum absolute atomic E-state index is 1.05. The molecule has 12 heavy (non-hydrogen) atoms. The monoisotopic (exact) mass is 231 g/mol. The average Bonchev–Trinajstić information content (AvgIpc) is 2.35. The molecule has 4 heteroatoms. The van der Waals surface area contributed by atoms with E-state index in [0.717, 1.165) is 23.9 Å². The summed E-state index contributed by atoms with van der Waals surface area (Å²) in [7, 11) is 3.94. The Kier molecular flexibility index (Phi) is 3.75. The molecule has 0 unspecified atom stereocenters. The number of rotatable bonds is 4. The molecule has 1 N–H and O–H groups in total. The van der Waals surface area contributed by atoms with Crippen molar-refractivity contribution < 1.29 is 0 Å². The van der Waals surface area contributed by atoms with Crippen molar-refractivity contribution in [3.8, 4) is 0 Å². The standard InChI is InChI=1S/C8H14BrN3/c1-10-5-3-4-8-7(9)6-11-12(8)2/h6,10H,3-5H2,1-2H3. The zero-order valence-corrected chi connectivity index (χ0v) is 9.06. The first-order valence-corrected chi connectivity index (χ1v) is 4.86. The molecule has 0 atom stereocenters. The largest absolute Gasteiger partial charge is 0.320 e. The van der Waals surface area contributed by atoms with E-state index in [2.05, 4.69) is 26.3 Å². The fourth-order valence-corrected chi connectivity index (χ4v) is 1.70. The summed E-state index contributed by atoms with van der Waals surface area (Å²) in [5.74, 6) is 0. The lowest BCUT2D eigenvalue weighted by Crippen LogP contribution is -2.09. The van der Waals surface area contributed by atoms with Crippen LogP contribution in [0, 0.1) is 0 Å². The van der Waals surface area contributed by atoms with Crippen molar-refractivity contribution in [1.82, 2.24) is 15.1 Å². The second kappa shape index (κ2) is 4.62. The molecule has 3 nitrogen and oxygen atoms in total. The first-order valence-electron chi connectivity index (χ1n) is 4.06. The molecule has 0 bridgehead atoms. The van der Waals surface area contributed by atoms with Crippen LogP contribution in [0.15, 0.2) is 10.7 Å². The molecule has 0 amide bonds. The minimum Gasteiger partial charge on any atom is -0.320 e. The molecule has 0 saturated carbocycles. The number of aromatic nitrogens is 2. The zero-order valence-electron chi connectivity index (χ0n) is 7.47. The van der Waals surface area contributed by atoms with Crippen molar-refractivity contribution in [2.24, 2.45) is 7.05 Å². The van der Waals surface area contributed by atoms with Crippen LogP contribution in [-0.4, -0.2) is 23.4 Å². The summed E-state index contributed by atoms with van der Waals surface area (Å²) in [6, 6.07) is 0. The number of nitrogens with zero attached hydrogens (tertiary/aromatic N) is 2. The third-order valence-corrected chi connectivity index (χ3v) is 2.51. The highest BCUT2D eigenvalue weighted by atomic mass is 79.9. The Balaban J connectivity index is 2.50. The lowest BCUT2D eigenvalue weighted by atomic mass is 10.2. The smallest absolute Gasteiger partial charge is 0.0635 e. The van der Waals surface area contributed by atoms with Crippen molar-refractivity contribution in [3.63, 3.8) is 0 Å². The molecule has 0 aromatic carbocycles. The van der Waals surface area contributed by atoms with E-state index in [0.29, 0.717) is 0 Å². The van der Waals surface area contributed by atoms with Crippen molar-refractivity contribution in [3.05, 3.63) is 16.4 Å². The lowest BCUT2D eigenvalue weighted by Gasteiger charge is -2.02. The van der Waals surface area contributed by atoms with Gasteiger partial charge in [-0.3, -0.25) is 4.68 Å². The van der Waals surface area contributed by atoms with E-state index >= 15 is 0 Å². The van der Waals surface area contributed by atoms with E-state index in [9.17, 15) is 0 Å². The summed E-state index contributed by atoms with van der Waals surface area (Å²) in [6.45, 7) is 1.05. The maximum atomic E-state index is 4.14. The summed E-state index contributed by atoms with van der Waals surface area (Å²) in [5.41, 5.74) is 1.27. The van der Waals surface area contributed by atoms with Crippen LogP contribution in [0.4, 0.5) is 0 Å². The highest BCUT2D eigenvalue weighted by Crippen LogP contribution is 2.16. The van der Waals surface area contributed by atoms with E-state index in [-0.39, 0.29) is 0 Å². The molecule has 0 aliphatic rings. The number of aryl methyl sites for hydroxylation is 1. The Morgan fingerprint density at radius 1 is 1.67 bits per heavy atom. The Labute approximate surface area is 81.3 Å². The number of hydrogen-bond acceptors (Lipinski definition) is 2. The molecule has 68 valence electrons. The average molecular weight is 232 g/mol. The summed E-state index contributed by atoms with van der Waals surface area (Å²) in [5, 5.41) is 7.27. The molecule has 1 aromatic heterocycles. The maximum absolute atomic E-state index is 4.14. The molecular weight excluding hydrogens is 218 g/mol. The van der Waals surface area contributed by atoms with E-state index in [1.807, 2.05) is 25.0 Å². The minimum atomic E-state index is 1.05. The Bertz CT molecular complexity index is 225. The van der Waals surface area contributed by atoms with Gasteiger partial charge >= 0.3 is 0 Å². The van der Waals surface area contributed by atoms with Gasteiger partial charge < -0.3 is 5.32 Å². The van der Waals surface area contributed by atoms with E-state index in [4.69, 9.17) is 0 Å². The van der Waals surface area contributed by atoms with Crippen LogP contribution >= 0.6 is 15.9 Å². The van der Waals surface area contributed by atoms with Gasteiger partial charge in [-0.2, -0.15) is 5.10 Å². The molecule has 0 fully saturated rings. The number of hydrogen-bond donors (Lipinski definition) is 1. The third kappa shape index (κ3) is 2.32. The molecule has 1 rings (SSSR count). The van der Waals surface area contributed by atoms with Gasteiger partial charge in [0.1, 0.15) is 0 Å². The summed E-state index contributed by atoms with van der Waals surface area (Å²) in [6.07, 6.45) is 4.06. The molecular formula is C8H14BrN3. The second-order valence-corrected chi connectivity index (χ2v) is 3.62. The van der Waals surface area contributed by atoms with Gasteiger partial charge in [-0.25, -0.2) is 0 Å². The topological polar surface area (TPSA) is 29.9 Å². The summed E-state index contributed by atoms with van der Waals surface area (Å²) < 4.78 is 3.03. The quantitative estimate of drug-likeness (QED) is 0.794. The predicted octanol–water partition coefficient (Wildman–Crippen LogP) is 1.33. The van der Waals surface area contributed by atoms with Crippen molar-refractivity contribution in [1.29, 1.82) is 0 Å². The van der Waals surface area contributed by atoms with Gasteiger partial charge in [0.05, 0.1) is 16.4 Å². The summed E-state index contributed by atoms with van der Waals surface area (Å²) in [4.78, 5) is 0. The first kappa shape index (κ1) is 9.74. The van der Waals surface area contributed by atoms with Crippen LogP contribution in [-0.2, 0) is 13.5 Å². The third-order valence-electron chi connectivity index (χ3n) is 1.85. The Morgan fingerprint density at radius 2 is 2.42 bits per heavy atom. The predicted molar refractivity (Wildman–Crippen MR) is 53.2 cm³/mol. The van der Waals surface area contributed by atoms with Gasteiger partial charge in [-0.15, -0.1) is 0 Å². The van der Waals surface area contributed by atoms with Gasteiger partial charge in [-0.1, -0.05) is 0 Å². The SMILES string of the molecule is CNCCCc1c(Br)cnn1C. The van der Waals surface area contributed by atoms with Crippen molar-refractivity contribution >= 4 is 15.9 Å². The van der Waals surface area contributed by atoms with Crippen molar-refractivity contribution in [2.75, 3.05) is 13.6 Å². The van der Waals surface area contributed by atoms with Gasteiger partial charge in [0.2, 0.25) is 0 Å². The van der Waals surface area contributed by atoms with Gasteiger partial charge in [0, 0.05) is 7.05 Å². The van der Waals surface area contributed by atoms with Crippen molar-refractivity contribution in [2.45, 2.75) is 12.8 Å². The first-order chi connectivity index (χ1) is 5.75. The van der Waals surface area contributed by atoms with E-state index < -0.39 is 0 Å². The highest BCUT2D eigenvalue weighted by molar-refractivity contribution is 9.10. The van der Waals surface area contributed by atoms with Crippen LogP contribution in [0.5, 0.6) is 0 Å². The van der Waals surface area contributed by atoms with Gasteiger partial charge in [0.25, 0.3) is 0 Å². The van der Waals surface area contributed by atoms with Crippen LogP contribution < -0.4 is 5.32 Å². The highest BCUT2D eigenvalue weighted by Gasteiger charge is 2.03. The molecule has 0 saturated heterocycles. The van der Waals surface area contributed by atoms with Gasteiger partial charge in [-0.05, 0) is 42.4 Å². The second-order valence-electron chi connectivity index (χ2n) is 2.77. The number of nitrogens with one attached hydrogen (secondary N) is 1. The fraction of sp³-hybridized carbons (Fsp3) is 0.625. The Hall–Kier alpha value is -0.350. The molecule has 1 aromatic rings. The maximum Gasteiger partial charge on any atom is 0.0635 e. The van der Waals surface area contributed by atoms with Crippen LogP contribution in [0.1, 0.15) is 12.1 Å². The molecule has 1 heterocycles. The van der Waals surface area contributed by atoms with Crippen LogP contribution in [0.2, 0.25) is 0 Å². The van der Waals surface area contributed by atoms with E-state index in [1.165, 1.54) is 5.69 Å². The molecule has 0 aliphatic carbocycles. The summed E-state index contributed by atoms with van der Waals surface area (Å²) >= 11 is 3.47. The normalized spacial score (nSPS) is 10.6. The fourth-order valence-electron chi connectivity index (χ4n) is 1.15. The van der Waals surface area contributed by atoms with E-state index in [1.54, 1.807) is 0 Å². The molecule has 0 radical (unpaired) electrons. The number of halogens is 1. The lowest BCUT2D eigenvalue weighted by molar-refractivity contribution is 0.658. The Morgan fingerprint density at radius 3 is 2.92 bits per heavy atom. The zero-order chi connectivity index (χ0) is 8.97. The van der Waals surface area contributed by atoms with Crippen LogP contribution in [0.3, 0.4) is 0 Å².